The summed E-state index contributed by atoms with van der Waals surface area (Å²) < 4.78 is 92.9. The number of rotatable bonds is 2. The fourth-order valence-electron chi connectivity index (χ4n) is 5.15. The highest BCUT2D eigenvalue weighted by atomic mass is 79.9. The SMILES string of the molecule is FC1(F)c2c(c3c(-c4ccccc4)cc(Br)nc3c3nc(Br)cc(C4=CCCC=C4)c23)C(F)(F)C1(F)F. The van der Waals surface area contributed by atoms with E-state index in [0.29, 0.717) is 24.0 Å². The maximum atomic E-state index is 15.6. The predicted molar refractivity (Wildman–Crippen MR) is 137 cm³/mol. The fraction of sp³-hybridized carbons (Fsp3) is 0.185. The molecule has 2 aromatic carbocycles. The molecular weight excluding hydrogens is 626 g/mol. The number of halogens is 8. The van der Waals surface area contributed by atoms with Gasteiger partial charge >= 0.3 is 17.8 Å². The standard InChI is InChI=1S/C27H14Br2F6N2/c28-17-11-15(13-7-3-1-4-8-13)19-21-22(26(32,33)27(34,35)25(21,30)31)20-16(14-9-5-2-6-10-14)12-18(29)37-24(20)23(19)36-17/h1,3-5,7-12H,2,6H2. The van der Waals surface area contributed by atoms with Gasteiger partial charge in [-0.3, -0.25) is 0 Å². The second-order valence-corrected chi connectivity index (χ2v) is 10.5. The van der Waals surface area contributed by atoms with Crippen LogP contribution >= 0.6 is 31.9 Å². The Hall–Kier alpha value is -2.72. The van der Waals surface area contributed by atoms with Gasteiger partial charge < -0.3 is 0 Å². The van der Waals surface area contributed by atoms with Gasteiger partial charge in [-0.15, -0.1) is 0 Å². The van der Waals surface area contributed by atoms with Gasteiger partial charge in [0.1, 0.15) is 9.21 Å². The van der Waals surface area contributed by atoms with Crippen molar-refractivity contribution in [3.8, 4) is 11.1 Å². The van der Waals surface area contributed by atoms with Gasteiger partial charge in [0.05, 0.1) is 11.0 Å². The first-order valence-corrected chi connectivity index (χ1v) is 12.8. The van der Waals surface area contributed by atoms with Crippen LogP contribution in [0.3, 0.4) is 0 Å². The Morgan fingerprint density at radius 1 is 0.703 bits per heavy atom. The lowest BCUT2D eigenvalue weighted by Gasteiger charge is -2.24. The van der Waals surface area contributed by atoms with Crippen LogP contribution in [0.1, 0.15) is 29.5 Å². The van der Waals surface area contributed by atoms with E-state index in [4.69, 9.17) is 0 Å². The minimum absolute atomic E-state index is 0.0592. The van der Waals surface area contributed by atoms with E-state index in [-0.39, 0.29) is 31.4 Å². The van der Waals surface area contributed by atoms with Gasteiger partial charge in [-0.05, 0) is 79.1 Å². The number of hydrogen-bond donors (Lipinski definition) is 0. The Morgan fingerprint density at radius 3 is 1.78 bits per heavy atom. The van der Waals surface area contributed by atoms with Crippen molar-refractivity contribution >= 4 is 59.2 Å². The zero-order valence-corrected chi connectivity index (χ0v) is 21.8. The zero-order valence-electron chi connectivity index (χ0n) is 18.6. The lowest BCUT2D eigenvalue weighted by molar-refractivity contribution is -0.301. The van der Waals surface area contributed by atoms with Gasteiger partial charge in [-0.25, -0.2) is 9.97 Å². The van der Waals surface area contributed by atoms with Crippen molar-refractivity contribution in [1.82, 2.24) is 9.97 Å². The molecule has 0 amide bonds. The molecule has 2 aliphatic rings. The van der Waals surface area contributed by atoms with E-state index in [1.807, 2.05) is 0 Å². The number of pyridine rings is 2. The van der Waals surface area contributed by atoms with E-state index in [0.717, 1.165) is 0 Å². The molecule has 37 heavy (non-hydrogen) atoms. The Morgan fingerprint density at radius 2 is 1.24 bits per heavy atom. The highest BCUT2D eigenvalue weighted by Crippen LogP contribution is 2.66. The van der Waals surface area contributed by atoms with Crippen LogP contribution in [0.4, 0.5) is 26.3 Å². The van der Waals surface area contributed by atoms with Gasteiger partial charge in [-0.2, -0.15) is 26.3 Å². The lowest BCUT2D eigenvalue weighted by atomic mass is 9.87. The maximum Gasteiger partial charge on any atom is 0.380 e. The molecule has 10 heteroatoms. The van der Waals surface area contributed by atoms with Gasteiger partial charge in [0, 0.05) is 21.9 Å². The first kappa shape index (κ1) is 24.6. The third kappa shape index (κ3) is 3.30. The van der Waals surface area contributed by atoms with Crippen LogP contribution in [0.2, 0.25) is 0 Å². The lowest BCUT2D eigenvalue weighted by Crippen LogP contribution is -2.43. The normalized spacial score (nSPS) is 19.3. The maximum absolute atomic E-state index is 15.6. The second kappa shape index (κ2) is 8.14. The molecule has 4 aromatic rings. The molecule has 6 rings (SSSR count). The number of fused-ring (bicyclic) bond motifs is 6. The van der Waals surface area contributed by atoms with E-state index in [9.17, 15) is 0 Å². The van der Waals surface area contributed by atoms with E-state index in [1.165, 1.54) is 12.1 Å². The number of allylic oxidation sites excluding steroid dienone is 4. The molecular formula is C27H14Br2F6N2. The van der Waals surface area contributed by atoms with Crippen LogP contribution in [0.5, 0.6) is 0 Å². The first-order valence-electron chi connectivity index (χ1n) is 11.2. The van der Waals surface area contributed by atoms with Crippen molar-refractivity contribution in [2.45, 2.75) is 30.6 Å². The third-order valence-electron chi connectivity index (χ3n) is 6.76. The molecule has 2 aromatic heterocycles. The fourth-order valence-corrected chi connectivity index (χ4v) is 5.96. The van der Waals surface area contributed by atoms with Crippen molar-refractivity contribution in [2.24, 2.45) is 0 Å². The molecule has 0 unspecified atom stereocenters. The zero-order chi connectivity index (χ0) is 26.3. The Balaban J connectivity index is 1.94. The van der Waals surface area contributed by atoms with Crippen LogP contribution in [0, 0.1) is 0 Å². The van der Waals surface area contributed by atoms with Crippen molar-refractivity contribution < 1.29 is 26.3 Å². The number of aromatic nitrogens is 2. The number of alkyl halides is 6. The summed E-state index contributed by atoms with van der Waals surface area (Å²) in [6.45, 7) is 0. The summed E-state index contributed by atoms with van der Waals surface area (Å²) in [4.78, 5) is 8.66. The van der Waals surface area contributed by atoms with Crippen molar-refractivity contribution in [3.63, 3.8) is 0 Å². The Kier molecular flexibility index (Phi) is 5.41. The summed E-state index contributed by atoms with van der Waals surface area (Å²) in [6.07, 6.45) is 6.50. The minimum Gasteiger partial charge on any atom is -0.239 e. The van der Waals surface area contributed by atoms with Gasteiger partial charge in [0.25, 0.3) is 0 Å². The summed E-state index contributed by atoms with van der Waals surface area (Å²) in [5, 5.41) is -0.946. The topological polar surface area (TPSA) is 25.8 Å². The summed E-state index contributed by atoms with van der Waals surface area (Å²) in [5.41, 5.74) is -2.21. The average molecular weight is 640 g/mol. The molecule has 2 nitrogen and oxygen atoms in total. The highest BCUT2D eigenvalue weighted by molar-refractivity contribution is 9.10. The monoisotopic (exact) mass is 638 g/mol. The molecule has 188 valence electrons. The molecule has 0 aliphatic heterocycles. The van der Waals surface area contributed by atoms with Gasteiger partial charge in [0.15, 0.2) is 0 Å². The molecule has 0 atom stereocenters. The number of hydrogen-bond acceptors (Lipinski definition) is 2. The smallest absolute Gasteiger partial charge is 0.239 e. The second-order valence-electron chi connectivity index (χ2n) is 8.91. The van der Waals surface area contributed by atoms with E-state index in [2.05, 4.69) is 41.8 Å². The minimum atomic E-state index is -5.67. The number of benzene rings is 2. The molecule has 0 saturated carbocycles. The van der Waals surface area contributed by atoms with Crippen molar-refractivity contribution in [1.29, 1.82) is 0 Å². The summed E-state index contributed by atoms with van der Waals surface area (Å²) in [7, 11) is 0. The molecule has 0 radical (unpaired) electrons. The van der Waals surface area contributed by atoms with Gasteiger partial charge in [-0.1, -0.05) is 48.6 Å². The van der Waals surface area contributed by atoms with Crippen molar-refractivity contribution in [2.75, 3.05) is 0 Å². The van der Waals surface area contributed by atoms with Crippen molar-refractivity contribution in [3.05, 3.63) is 86.6 Å². The summed E-state index contributed by atoms with van der Waals surface area (Å²) in [5.74, 6) is -16.0. The van der Waals surface area contributed by atoms with E-state index < -0.39 is 39.7 Å². The predicted octanol–water partition coefficient (Wildman–Crippen LogP) is 9.54. The average Bonchev–Trinajstić information content (AvgIpc) is 2.98. The summed E-state index contributed by atoms with van der Waals surface area (Å²) >= 11 is 6.56. The number of nitrogens with zero attached hydrogens (tertiary/aromatic N) is 2. The molecule has 0 N–H and O–H groups in total. The molecule has 0 bridgehead atoms. The molecule has 2 aliphatic carbocycles. The van der Waals surface area contributed by atoms with Crippen LogP contribution in [0.15, 0.2) is 69.9 Å². The molecule has 0 spiro atoms. The first-order chi connectivity index (χ1) is 17.5. The van der Waals surface area contributed by atoms with Gasteiger partial charge in [0.2, 0.25) is 0 Å². The Bertz CT molecular complexity index is 1680. The van der Waals surface area contributed by atoms with Crippen LogP contribution in [-0.4, -0.2) is 15.9 Å². The van der Waals surface area contributed by atoms with E-state index in [1.54, 1.807) is 48.6 Å². The summed E-state index contributed by atoms with van der Waals surface area (Å²) in [6, 6.07) is 10.9. The van der Waals surface area contributed by atoms with Crippen LogP contribution < -0.4 is 0 Å². The molecule has 2 heterocycles. The largest absolute Gasteiger partial charge is 0.380 e. The third-order valence-corrected chi connectivity index (χ3v) is 7.57. The highest BCUT2D eigenvalue weighted by Gasteiger charge is 2.80. The Labute approximate surface area is 223 Å². The van der Waals surface area contributed by atoms with E-state index >= 15 is 26.3 Å². The van der Waals surface area contributed by atoms with Crippen LogP contribution in [0.25, 0.3) is 38.5 Å². The quantitative estimate of drug-likeness (QED) is 0.124. The van der Waals surface area contributed by atoms with Crippen LogP contribution in [-0.2, 0) is 11.8 Å². The molecule has 0 fully saturated rings. The molecule has 0 saturated heterocycles.